The van der Waals surface area contributed by atoms with Crippen LogP contribution in [0.15, 0.2) is 42.5 Å². The van der Waals surface area contributed by atoms with Gasteiger partial charge in [-0.05, 0) is 62.4 Å². The van der Waals surface area contributed by atoms with Gasteiger partial charge in [-0.2, -0.15) is 0 Å². The Hall–Kier alpha value is -3.02. The predicted molar refractivity (Wildman–Crippen MR) is 111 cm³/mol. The summed E-state index contributed by atoms with van der Waals surface area (Å²) in [4.78, 5) is 26.4. The van der Waals surface area contributed by atoms with Gasteiger partial charge in [0, 0.05) is 24.6 Å². The number of primary amides is 1. The van der Waals surface area contributed by atoms with Gasteiger partial charge in [0.2, 0.25) is 11.8 Å². The molecule has 3 rings (SSSR count). The van der Waals surface area contributed by atoms with Gasteiger partial charge in [0.05, 0.1) is 11.4 Å². The van der Waals surface area contributed by atoms with Crippen molar-refractivity contribution in [2.24, 2.45) is 5.73 Å². The largest absolute Gasteiger partial charge is 0.508 e. The molecule has 0 saturated carbocycles. The molecule has 1 atom stereocenters. The molecule has 0 spiro atoms. The zero-order chi connectivity index (χ0) is 20.1. The molecule has 0 aliphatic carbocycles. The molecule has 0 radical (unpaired) electrons. The second kappa shape index (κ2) is 8.78. The maximum Gasteiger partial charge on any atom is 0.248 e. The lowest BCUT2D eigenvalue weighted by molar-refractivity contribution is -0.116. The number of phenolic OH excluding ortho intramolecular Hbond substituents is 1. The van der Waals surface area contributed by atoms with Gasteiger partial charge in [-0.3, -0.25) is 9.59 Å². The van der Waals surface area contributed by atoms with Gasteiger partial charge in [-0.1, -0.05) is 18.2 Å². The lowest BCUT2D eigenvalue weighted by Gasteiger charge is -2.36. The van der Waals surface area contributed by atoms with Crippen molar-refractivity contribution >= 4 is 23.2 Å². The molecule has 1 heterocycles. The van der Waals surface area contributed by atoms with Crippen molar-refractivity contribution in [3.8, 4) is 5.75 Å². The summed E-state index contributed by atoms with van der Waals surface area (Å²) in [6, 6.07) is 12.6. The molecule has 6 nitrogen and oxygen atoms in total. The van der Waals surface area contributed by atoms with E-state index < -0.39 is 5.91 Å². The molecule has 28 heavy (non-hydrogen) atoms. The summed E-state index contributed by atoms with van der Waals surface area (Å²) >= 11 is 0. The fourth-order valence-electron chi connectivity index (χ4n) is 3.68. The molecule has 2 aromatic carbocycles. The fraction of sp³-hybridized carbons (Fsp3) is 0.364. The Morgan fingerprint density at radius 3 is 2.71 bits per heavy atom. The van der Waals surface area contributed by atoms with Gasteiger partial charge in [0.1, 0.15) is 5.75 Å². The summed E-state index contributed by atoms with van der Waals surface area (Å²) in [7, 11) is 0. The second-order valence-electron chi connectivity index (χ2n) is 7.31. The first-order valence-corrected chi connectivity index (χ1v) is 9.73. The number of amides is 2. The Labute approximate surface area is 165 Å². The third kappa shape index (κ3) is 4.63. The average molecular weight is 381 g/mol. The number of carbonyl (C=O) groups excluding carboxylic acids is 2. The Balaban J connectivity index is 1.78. The van der Waals surface area contributed by atoms with Crippen LogP contribution in [-0.2, 0) is 11.2 Å². The first kappa shape index (κ1) is 19.7. The molecule has 1 fully saturated rings. The fourth-order valence-corrected chi connectivity index (χ4v) is 3.68. The standard InChI is InChI=1S/C22H27N3O3/c1-15-6-4-5-13-25(15)19-11-9-17(22(23)28)14-18(19)24-21(27)12-10-16-7-2-3-8-20(16)26/h2-3,7-9,11,14-15,26H,4-6,10,12-13H2,1H3,(H2,23,28)(H,24,27). The Kier molecular flexibility index (Phi) is 6.19. The van der Waals surface area contributed by atoms with Crippen LogP contribution < -0.4 is 16.0 Å². The van der Waals surface area contributed by atoms with Crippen LogP contribution in [0, 0.1) is 0 Å². The van der Waals surface area contributed by atoms with Crippen LogP contribution in [0.5, 0.6) is 5.75 Å². The lowest BCUT2D eigenvalue weighted by Crippen LogP contribution is -2.38. The summed E-state index contributed by atoms with van der Waals surface area (Å²) in [6.45, 7) is 3.09. The number of piperidine rings is 1. The highest BCUT2D eigenvalue weighted by atomic mass is 16.3. The number of para-hydroxylation sites is 1. The van der Waals surface area contributed by atoms with E-state index in [1.807, 2.05) is 12.1 Å². The van der Waals surface area contributed by atoms with Crippen molar-refractivity contribution in [3.05, 3.63) is 53.6 Å². The second-order valence-corrected chi connectivity index (χ2v) is 7.31. The van der Waals surface area contributed by atoms with E-state index in [1.54, 1.807) is 30.3 Å². The van der Waals surface area contributed by atoms with E-state index in [0.717, 1.165) is 30.6 Å². The van der Waals surface area contributed by atoms with Gasteiger partial charge in [0.15, 0.2) is 0 Å². The van der Waals surface area contributed by atoms with Gasteiger partial charge < -0.3 is 21.1 Å². The molecule has 2 aromatic rings. The number of carbonyl (C=O) groups is 2. The predicted octanol–water partition coefficient (Wildman–Crippen LogP) is 3.44. The number of hydrogen-bond donors (Lipinski definition) is 3. The number of nitrogens with one attached hydrogen (secondary N) is 1. The number of benzene rings is 2. The molecule has 4 N–H and O–H groups in total. The van der Waals surface area contributed by atoms with E-state index >= 15 is 0 Å². The summed E-state index contributed by atoms with van der Waals surface area (Å²) in [5.74, 6) is -0.507. The maximum absolute atomic E-state index is 12.6. The number of aromatic hydroxyl groups is 1. The minimum Gasteiger partial charge on any atom is -0.508 e. The monoisotopic (exact) mass is 381 g/mol. The zero-order valence-corrected chi connectivity index (χ0v) is 16.1. The Morgan fingerprint density at radius 2 is 2.00 bits per heavy atom. The third-order valence-corrected chi connectivity index (χ3v) is 5.28. The summed E-state index contributed by atoms with van der Waals surface area (Å²) in [6.07, 6.45) is 4.05. The zero-order valence-electron chi connectivity index (χ0n) is 16.1. The molecule has 148 valence electrons. The molecule has 0 bridgehead atoms. The van der Waals surface area contributed by atoms with Crippen molar-refractivity contribution in [3.63, 3.8) is 0 Å². The average Bonchev–Trinajstić information content (AvgIpc) is 2.68. The van der Waals surface area contributed by atoms with Gasteiger partial charge in [-0.25, -0.2) is 0 Å². The SMILES string of the molecule is CC1CCCCN1c1ccc(C(N)=O)cc1NC(=O)CCc1ccccc1O. The smallest absolute Gasteiger partial charge is 0.248 e. The molecule has 0 aromatic heterocycles. The first-order chi connectivity index (χ1) is 13.5. The third-order valence-electron chi connectivity index (χ3n) is 5.28. The van der Waals surface area contributed by atoms with Crippen molar-refractivity contribution in [1.82, 2.24) is 0 Å². The number of aryl methyl sites for hydroxylation is 1. The molecular formula is C22H27N3O3. The van der Waals surface area contributed by atoms with Crippen LogP contribution in [0.3, 0.4) is 0 Å². The van der Waals surface area contributed by atoms with Crippen LogP contribution in [-0.4, -0.2) is 29.5 Å². The summed E-state index contributed by atoms with van der Waals surface area (Å²) < 4.78 is 0. The van der Waals surface area contributed by atoms with E-state index in [2.05, 4.69) is 17.1 Å². The highest BCUT2D eigenvalue weighted by molar-refractivity contribution is 5.99. The number of anilines is 2. The van der Waals surface area contributed by atoms with Crippen LogP contribution in [0.2, 0.25) is 0 Å². The quantitative estimate of drug-likeness (QED) is 0.714. The molecular weight excluding hydrogens is 354 g/mol. The van der Waals surface area contributed by atoms with Crippen molar-refractivity contribution in [2.75, 3.05) is 16.8 Å². The van der Waals surface area contributed by atoms with E-state index in [4.69, 9.17) is 5.73 Å². The van der Waals surface area contributed by atoms with Gasteiger partial charge in [-0.15, -0.1) is 0 Å². The van der Waals surface area contributed by atoms with Gasteiger partial charge >= 0.3 is 0 Å². The Morgan fingerprint density at radius 1 is 1.21 bits per heavy atom. The highest BCUT2D eigenvalue weighted by Crippen LogP contribution is 2.32. The molecule has 2 amide bonds. The molecule has 1 aliphatic heterocycles. The van der Waals surface area contributed by atoms with E-state index in [1.165, 1.54) is 6.42 Å². The maximum atomic E-state index is 12.6. The molecule has 6 heteroatoms. The summed E-state index contributed by atoms with van der Waals surface area (Å²) in [5.41, 5.74) is 8.04. The summed E-state index contributed by atoms with van der Waals surface area (Å²) in [5, 5.41) is 12.8. The lowest BCUT2D eigenvalue weighted by atomic mass is 10.0. The molecule has 1 saturated heterocycles. The molecule has 1 aliphatic rings. The van der Waals surface area contributed by atoms with Crippen LogP contribution in [0.1, 0.15) is 48.5 Å². The molecule has 1 unspecified atom stereocenters. The number of hydrogen-bond acceptors (Lipinski definition) is 4. The van der Waals surface area contributed by atoms with Gasteiger partial charge in [0.25, 0.3) is 0 Å². The highest BCUT2D eigenvalue weighted by Gasteiger charge is 2.22. The van der Waals surface area contributed by atoms with E-state index in [9.17, 15) is 14.7 Å². The van der Waals surface area contributed by atoms with Crippen molar-refractivity contribution < 1.29 is 14.7 Å². The minimum absolute atomic E-state index is 0.171. The van der Waals surface area contributed by atoms with Crippen LogP contribution in [0.25, 0.3) is 0 Å². The number of phenols is 1. The van der Waals surface area contributed by atoms with E-state index in [0.29, 0.717) is 23.7 Å². The van der Waals surface area contributed by atoms with Crippen molar-refractivity contribution in [2.45, 2.75) is 45.1 Å². The number of rotatable bonds is 6. The number of nitrogens with two attached hydrogens (primary N) is 1. The van der Waals surface area contributed by atoms with Crippen LogP contribution in [0.4, 0.5) is 11.4 Å². The van der Waals surface area contributed by atoms with Crippen LogP contribution >= 0.6 is 0 Å². The number of nitrogens with zero attached hydrogens (tertiary/aromatic N) is 1. The first-order valence-electron chi connectivity index (χ1n) is 9.73. The van der Waals surface area contributed by atoms with Crippen molar-refractivity contribution in [1.29, 1.82) is 0 Å². The minimum atomic E-state index is -0.525. The Bertz CT molecular complexity index is 866. The topological polar surface area (TPSA) is 95.7 Å². The van der Waals surface area contributed by atoms with E-state index in [-0.39, 0.29) is 18.1 Å². The normalized spacial score (nSPS) is 16.6.